The SMILES string of the molecule is Cl.O=C(CC1CCNCC1)N1CCCCC1. The Morgan fingerprint density at radius 2 is 1.75 bits per heavy atom. The normalized spacial score (nSPS) is 22.6. The minimum Gasteiger partial charge on any atom is -0.343 e. The van der Waals surface area contributed by atoms with Gasteiger partial charge in [-0.15, -0.1) is 12.4 Å². The molecule has 0 aromatic carbocycles. The van der Waals surface area contributed by atoms with Crippen molar-refractivity contribution >= 4 is 18.3 Å². The van der Waals surface area contributed by atoms with E-state index in [0.29, 0.717) is 11.8 Å². The highest BCUT2D eigenvalue weighted by Crippen LogP contribution is 2.19. The van der Waals surface area contributed by atoms with E-state index in [-0.39, 0.29) is 12.4 Å². The molecule has 2 aliphatic heterocycles. The lowest BCUT2D eigenvalue weighted by Crippen LogP contribution is -2.38. The molecule has 2 heterocycles. The van der Waals surface area contributed by atoms with Crippen LogP contribution in [-0.4, -0.2) is 37.0 Å². The van der Waals surface area contributed by atoms with E-state index in [1.54, 1.807) is 0 Å². The molecular weight excluding hydrogens is 224 g/mol. The minimum absolute atomic E-state index is 0. The molecule has 0 saturated carbocycles. The third-order valence-corrected chi connectivity index (χ3v) is 3.63. The molecule has 16 heavy (non-hydrogen) atoms. The average Bonchev–Trinajstić information content (AvgIpc) is 2.31. The maximum Gasteiger partial charge on any atom is 0.222 e. The van der Waals surface area contributed by atoms with Gasteiger partial charge in [-0.05, 0) is 51.1 Å². The first-order valence-corrected chi connectivity index (χ1v) is 6.35. The van der Waals surface area contributed by atoms with Gasteiger partial charge in [-0.2, -0.15) is 0 Å². The van der Waals surface area contributed by atoms with E-state index >= 15 is 0 Å². The van der Waals surface area contributed by atoms with Gasteiger partial charge in [0.05, 0.1) is 0 Å². The molecule has 0 radical (unpaired) electrons. The Morgan fingerprint density at radius 1 is 1.12 bits per heavy atom. The molecule has 3 nitrogen and oxygen atoms in total. The molecule has 0 aliphatic carbocycles. The van der Waals surface area contributed by atoms with Crippen molar-refractivity contribution in [1.29, 1.82) is 0 Å². The number of nitrogens with one attached hydrogen (secondary N) is 1. The molecule has 1 N–H and O–H groups in total. The second kappa shape index (κ2) is 7.13. The molecule has 0 unspecified atom stereocenters. The number of hydrogen-bond acceptors (Lipinski definition) is 2. The Kier molecular flexibility index (Phi) is 6.14. The molecule has 1 amide bonds. The molecule has 4 heteroatoms. The van der Waals surface area contributed by atoms with Gasteiger partial charge in [-0.1, -0.05) is 0 Å². The van der Waals surface area contributed by atoms with E-state index in [9.17, 15) is 4.79 Å². The molecule has 0 bridgehead atoms. The van der Waals surface area contributed by atoms with E-state index in [1.807, 2.05) is 0 Å². The molecule has 2 aliphatic rings. The minimum atomic E-state index is 0. The first-order valence-electron chi connectivity index (χ1n) is 6.35. The number of rotatable bonds is 2. The number of halogens is 1. The van der Waals surface area contributed by atoms with Crippen LogP contribution in [0.4, 0.5) is 0 Å². The number of nitrogens with zero attached hydrogens (tertiary/aromatic N) is 1. The van der Waals surface area contributed by atoms with Gasteiger partial charge in [0.25, 0.3) is 0 Å². The molecule has 0 aromatic rings. The van der Waals surface area contributed by atoms with Gasteiger partial charge in [0.2, 0.25) is 5.91 Å². The second-order valence-electron chi connectivity index (χ2n) is 4.84. The quantitative estimate of drug-likeness (QED) is 0.806. The zero-order valence-electron chi connectivity index (χ0n) is 9.91. The van der Waals surface area contributed by atoms with Crippen LogP contribution < -0.4 is 5.32 Å². The third-order valence-electron chi connectivity index (χ3n) is 3.63. The molecule has 2 saturated heterocycles. The number of carbonyl (C=O) groups is 1. The number of likely N-dealkylation sites (tertiary alicyclic amines) is 1. The predicted molar refractivity (Wildman–Crippen MR) is 67.9 cm³/mol. The van der Waals surface area contributed by atoms with Gasteiger partial charge in [-0.3, -0.25) is 4.79 Å². The molecule has 2 rings (SSSR count). The Balaban J connectivity index is 0.00000128. The van der Waals surface area contributed by atoms with Crippen LogP contribution in [-0.2, 0) is 4.79 Å². The maximum absolute atomic E-state index is 12.0. The van der Waals surface area contributed by atoms with Crippen LogP contribution in [0, 0.1) is 5.92 Å². The van der Waals surface area contributed by atoms with Crippen LogP contribution in [0.3, 0.4) is 0 Å². The summed E-state index contributed by atoms with van der Waals surface area (Å²) in [5, 5.41) is 3.34. The summed E-state index contributed by atoms with van der Waals surface area (Å²) in [6, 6.07) is 0. The molecule has 2 fully saturated rings. The van der Waals surface area contributed by atoms with Crippen molar-refractivity contribution in [2.45, 2.75) is 38.5 Å². The third kappa shape index (κ3) is 3.95. The van der Waals surface area contributed by atoms with Gasteiger partial charge in [-0.25, -0.2) is 0 Å². The van der Waals surface area contributed by atoms with Crippen molar-refractivity contribution in [3.63, 3.8) is 0 Å². The maximum atomic E-state index is 12.0. The fraction of sp³-hybridized carbons (Fsp3) is 0.917. The van der Waals surface area contributed by atoms with Crippen LogP contribution in [0.15, 0.2) is 0 Å². The van der Waals surface area contributed by atoms with E-state index in [4.69, 9.17) is 0 Å². The Bertz CT molecular complexity index is 211. The van der Waals surface area contributed by atoms with E-state index < -0.39 is 0 Å². The first-order chi connectivity index (χ1) is 7.36. The van der Waals surface area contributed by atoms with Crippen molar-refractivity contribution in [1.82, 2.24) is 10.2 Å². The van der Waals surface area contributed by atoms with Crippen LogP contribution >= 0.6 is 12.4 Å². The summed E-state index contributed by atoms with van der Waals surface area (Å²) in [5.74, 6) is 1.04. The Hall–Kier alpha value is -0.280. The first kappa shape index (κ1) is 13.8. The van der Waals surface area contributed by atoms with Crippen molar-refractivity contribution in [2.24, 2.45) is 5.92 Å². The average molecular weight is 247 g/mol. The highest BCUT2D eigenvalue weighted by Gasteiger charge is 2.21. The van der Waals surface area contributed by atoms with Crippen LogP contribution in [0.25, 0.3) is 0 Å². The second-order valence-corrected chi connectivity index (χ2v) is 4.84. The van der Waals surface area contributed by atoms with E-state index in [2.05, 4.69) is 10.2 Å². The zero-order chi connectivity index (χ0) is 10.5. The number of hydrogen-bond donors (Lipinski definition) is 1. The standard InChI is InChI=1S/C12H22N2O.ClH/c15-12(14-8-2-1-3-9-14)10-11-4-6-13-7-5-11;/h11,13H,1-10H2;1H. The van der Waals surface area contributed by atoms with Crippen LogP contribution in [0.2, 0.25) is 0 Å². The lowest BCUT2D eigenvalue weighted by molar-refractivity contribution is -0.133. The summed E-state index contributed by atoms with van der Waals surface area (Å²) < 4.78 is 0. The fourth-order valence-corrected chi connectivity index (χ4v) is 2.61. The summed E-state index contributed by atoms with van der Waals surface area (Å²) in [4.78, 5) is 14.0. The molecule has 0 atom stereocenters. The van der Waals surface area contributed by atoms with Gasteiger partial charge in [0.15, 0.2) is 0 Å². The van der Waals surface area contributed by atoms with Gasteiger partial charge in [0.1, 0.15) is 0 Å². The highest BCUT2D eigenvalue weighted by molar-refractivity contribution is 5.85. The van der Waals surface area contributed by atoms with Gasteiger partial charge in [0, 0.05) is 19.5 Å². The molecule has 0 spiro atoms. The summed E-state index contributed by atoms with van der Waals surface area (Å²) in [5.41, 5.74) is 0. The summed E-state index contributed by atoms with van der Waals surface area (Å²) >= 11 is 0. The number of piperidine rings is 2. The van der Waals surface area contributed by atoms with Crippen molar-refractivity contribution < 1.29 is 4.79 Å². The molecule has 0 aromatic heterocycles. The Labute approximate surface area is 104 Å². The lowest BCUT2D eigenvalue weighted by Gasteiger charge is -2.29. The lowest BCUT2D eigenvalue weighted by atomic mass is 9.94. The Morgan fingerprint density at radius 3 is 2.38 bits per heavy atom. The van der Waals surface area contributed by atoms with E-state index in [0.717, 1.165) is 32.6 Å². The largest absolute Gasteiger partial charge is 0.343 e. The summed E-state index contributed by atoms with van der Waals surface area (Å²) in [7, 11) is 0. The predicted octanol–water partition coefficient (Wildman–Crippen LogP) is 1.81. The van der Waals surface area contributed by atoms with Gasteiger partial charge >= 0.3 is 0 Å². The fourth-order valence-electron chi connectivity index (χ4n) is 2.61. The van der Waals surface area contributed by atoms with Gasteiger partial charge < -0.3 is 10.2 Å². The number of carbonyl (C=O) groups excluding carboxylic acids is 1. The summed E-state index contributed by atoms with van der Waals surface area (Å²) in [6.45, 7) is 4.20. The van der Waals surface area contributed by atoms with Crippen LogP contribution in [0.5, 0.6) is 0 Å². The zero-order valence-corrected chi connectivity index (χ0v) is 10.7. The topological polar surface area (TPSA) is 32.3 Å². The highest BCUT2D eigenvalue weighted by atomic mass is 35.5. The summed E-state index contributed by atoms with van der Waals surface area (Å²) in [6.07, 6.45) is 6.87. The van der Waals surface area contributed by atoms with Crippen molar-refractivity contribution in [3.8, 4) is 0 Å². The van der Waals surface area contributed by atoms with Crippen molar-refractivity contribution in [2.75, 3.05) is 26.2 Å². The van der Waals surface area contributed by atoms with Crippen LogP contribution in [0.1, 0.15) is 38.5 Å². The van der Waals surface area contributed by atoms with Crippen molar-refractivity contribution in [3.05, 3.63) is 0 Å². The number of amides is 1. The van der Waals surface area contributed by atoms with E-state index in [1.165, 1.54) is 32.1 Å². The molecular formula is C12H23ClN2O. The smallest absolute Gasteiger partial charge is 0.222 e. The monoisotopic (exact) mass is 246 g/mol. The molecule has 94 valence electrons.